The van der Waals surface area contributed by atoms with E-state index in [-0.39, 0.29) is 0 Å². The van der Waals surface area contributed by atoms with Crippen LogP contribution in [0.25, 0.3) is 0 Å². The van der Waals surface area contributed by atoms with Gasteiger partial charge in [0.2, 0.25) is 0 Å². The molecule has 0 N–H and O–H groups in total. The van der Waals surface area contributed by atoms with Crippen LogP contribution in [0.3, 0.4) is 0 Å². The van der Waals surface area contributed by atoms with E-state index >= 15 is 0 Å². The molecule has 0 aliphatic carbocycles. The molecule has 4 heterocycles. The Morgan fingerprint density at radius 2 is 2.29 bits per heavy atom. The Balaban J connectivity index is 1.52. The normalized spacial score (nSPS) is 21.6. The molecule has 2 aliphatic heterocycles. The van der Waals surface area contributed by atoms with Gasteiger partial charge in [-0.3, -0.25) is 4.68 Å². The molecule has 110 valence electrons. The summed E-state index contributed by atoms with van der Waals surface area (Å²) in [4.78, 5) is 2.30. The molecule has 2 aromatic rings. The molecule has 0 radical (unpaired) electrons. The van der Waals surface area contributed by atoms with Crippen molar-refractivity contribution in [2.24, 2.45) is 0 Å². The summed E-state index contributed by atoms with van der Waals surface area (Å²) in [5.74, 6) is 0.964. The lowest BCUT2D eigenvalue weighted by molar-refractivity contribution is 0.109. The third-order valence-corrected chi connectivity index (χ3v) is 4.28. The molecular formula is C15H19N5O. The molecule has 1 atom stereocenters. The summed E-state index contributed by atoms with van der Waals surface area (Å²) in [7, 11) is 0. The van der Waals surface area contributed by atoms with Crippen LogP contribution in [0.5, 0.6) is 0 Å². The Bertz CT molecular complexity index is 653. The van der Waals surface area contributed by atoms with Gasteiger partial charge >= 0.3 is 0 Å². The second-order valence-electron chi connectivity index (χ2n) is 5.86. The first-order chi connectivity index (χ1) is 10.3. The van der Waals surface area contributed by atoms with E-state index in [9.17, 15) is 0 Å². The van der Waals surface area contributed by atoms with E-state index in [4.69, 9.17) is 4.74 Å². The van der Waals surface area contributed by atoms with Crippen molar-refractivity contribution < 1.29 is 4.74 Å². The standard InChI is InChI=1S/C15H19N5O/c1-11-7-16-20(8-11)13-2-4-19(9-13)15-6-12-10-21-5-3-14(12)17-18-15/h6-8,13H,2-5,9-10H2,1H3. The zero-order chi connectivity index (χ0) is 14.2. The Morgan fingerprint density at radius 3 is 3.14 bits per heavy atom. The first kappa shape index (κ1) is 12.8. The van der Waals surface area contributed by atoms with E-state index in [1.807, 2.05) is 6.20 Å². The number of aromatic nitrogens is 4. The Morgan fingerprint density at radius 1 is 1.33 bits per heavy atom. The first-order valence-electron chi connectivity index (χ1n) is 7.48. The van der Waals surface area contributed by atoms with Gasteiger partial charge in [0, 0.05) is 31.3 Å². The third-order valence-electron chi connectivity index (χ3n) is 4.28. The van der Waals surface area contributed by atoms with Gasteiger partial charge < -0.3 is 9.64 Å². The highest BCUT2D eigenvalue weighted by Crippen LogP contribution is 2.27. The number of rotatable bonds is 2. The fraction of sp³-hybridized carbons (Fsp3) is 0.533. The lowest BCUT2D eigenvalue weighted by Gasteiger charge is -2.20. The third kappa shape index (κ3) is 2.40. The van der Waals surface area contributed by atoms with Gasteiger partial charge in [0.05, 0.1) is 31.1 Å². The monoisotopic (exact) mass is 285 g/mol. The minimum absolute atomic E-state index is 0.424. The Hall–Kier alpha value is -1.95. The molecule has 4 rings (SSSR count). The number of aryl methyl sites for hydroxylation is 1. The number of hydrogen-bond acceptors (Lipinski definition) is 5. The molecule has 0 bridgehead atoms. The largest absolute Gasteiger partial charge is 0.376 e. The molecule has 1 fully saturated rings. The lowest BCUT2D eigenvalue weighted by Crippen LogP contribution is -2.24. The van der Waals surface area contributed by atoms with Gasteiger partial charge in [-0.25, -0.2) is 0 Å². The predicted octanol–water partition coefficient (Wildman–Crippen LogP) is 1.51. The minimum Gasteiger partial charge on any atom is -0.376 e. The van der Waals surface area contributed by atoms with Crippen LogP contribution in [0.2, 0.25) is 0 Å². The molecular weight excluding hydrogens is 266 g/mol. The van der Waals surface area contributed by atoms with Crippen molar-refractivity contribution in [2.45, 2.75) is 32.4 Å². The van der Waals surface area contributed by atoms with Crippen molar-refractivity contribution in [1.29, 1.82) is 0 Å². The van der Waals surface area contributed by atoms with Crippen LogP contribution in [0, 0.1) is 6.92 Å². The second-order valence-corrected chi connectivity index (χ2v) is 5.86. The first-order valence-corrected chi connectivity index (χ1v) is 7.48. The topological polar surface area (TPSA) is 56.1 Å². The van der Waals surface area contributed by atoms with Crippen molar-refractivity contribution >= 4 is 5.82 Å². The van der Waals surface area contributed by atoms with Gasteiger partial charge in [0.15, 0.2) is 5.82 Å². The quantitative estimate of drug-likeness (QED) is 0.837. The summed E-state index contributed by atoms with van der Waals surface area (Å²) < 4.78 is 7.58. The summed E-state index contributed by atoms with van der Waals surface area (Å²) in [5, 5.41) is 13.2. The van der Waals surface area contributed by atoms with Crippen LogP contribution in [-0.4, -0.2) is 39.7 Å². The highest BCUT2D eigenvalue weighted by molar-refractivity contribution is 5.43. The van der Waals surface area contributed by atoms with Crippen LogP contribution in [0.1, 0.15) is 29.3 Å². The number of ether oxygens (including phenoxy) is 1. The van der Waals surface area contributed by atoms with E-state index in [0.717, 1.165) is 44.0 Å². The zero-order valence-electron chi connectivity index (χ0n) is 12.2. The molecule has 6 nitrogen and oxygen atoms in total. The van der Waals surface area contributed by atoms with Crippen LogP contribution in [0.4, 0.5) is 5.82 Å². The van der Waals surface area contributed by atoms with E-state index in [1.54, 1.807) is 0 Å². The average molecular weight is 285 g/mol. The smallest absolute Gasteiger partial charge is 0.151 e. The second kappa shape index (κ2) is 5.11. The number of hydrogen-bond donors (Lipinski definition) is 0. The number of fused-ring (bicyclic) bond motifs is 1. The average Bonchev–Trinajstić information content (AvgIpc) is 3.15. The van der Waals surface area contributed by atoms with Crippen molar-refractivity contribution in [3.63, 3.8) is 0 Å². The van der Waals surface area contributed by atoms with Gasteiger partial charge in [-0.2, -0.15) is 10.2 Å². The SMILES string of the molecule is Cc1cnn(C2CCN(c3cc4c(nn3)CCOC4)C2)c1. The van der Waals surface area contributed by atoms with E-state index in [0.29, 0.717) is 12.6 Å². The molecule has 0 amide bonds. The fourth-order valence-electron chi connectivity index (χ4n) is 3.08. The molecule has 0 saturated carbocycles. The summed E-state index contributed by atoms with van der Waals surface area (Å²) in [5.41, 5.74) is 3.48. The number of anilines is 1. The molecule has 21 heavy (non-hydrogen) atoms. The Kier molecular flexibility index (Phi) is 3.11. The molecule has 1 saturated heterocycles. The molecule has 0 aromatic carbocycles. The predicted molar refractivity (Wildman–Crippen MR) is 78.2 cm³/mol. The molecule has 1 unspecified atom stereocenters. The van der Waals surface area contributed by atoms with Crippen molar-refractivity contribution in [3.05, 3.63) is 35.3 Å². The van der Waals surface area contributed by atoms with Gasteiger partial charge in [0.25, 0.3) is 0 Å². The fourth-order valence-corrected chi connectivity index (χ4v) is 3.08. The maximum atomic E-state index is 5.51. The summed E-state index contributed by atoms with van der Waals surface area (Å²) >= 11 is 0. The summed E-state index contributed by atoms with van der Waals surface area (Å²) in [6.07, 6.45) is 5.99. The van der Waals surface area contributed by atoms with Gasteiger partial charge in [0.1, 0.15) is 0 Å². The van der Waals surface area contributed by atoms with Crippen LogP contribution >= 0.6 is 0 Å². The highest BCUT2D eigenvalue weighted by Gasteiger charge is 2.26. The van der Waals surface area contributed by atoms with Gasteiger partial charge in [-0.1, -0.05) is 0 Å². The van der Waals surface area contributed by atoms with Crippen molar-refractivity contribution in [2.75, 3.05) is 24.6 Å². The van der Waals surface area contributed by atoms with Crippen molar-refractivity contribution in [1.82, 2.24) is 20.0 Å². The van der Waals surface area contributed by atoms with E-state index in [1.165, 1.54) is 11.1 Å². The van der Waals surface area contributed by atoms with Crippen LogP contribution < -0.4 is 4.90 Å². The molecule has 2 aromatic heterocycles. The van der Waals surface area contributed by atoms with Gasteiger partial charge in [-0.15, -0.1) is 5.10 Å². The maximum absolute atomic E-state index is 5.51. The highest BCUT2D eigenvalue weighted by atomic mass is 16.5. The Labute approximate surface area is 123 Å². The molecule has 2 aliphatic rings. The lowest BCUT2D eigenvalue weighted by atomic mass is 10.1. The van der Waals surface area contributed by atoms with E-state index in [2.05, 4.69) is 44.1 Å². The molecule has 6 heteroatoms. The summed E-state index contributed by atoms with van der Waals surface area (Å²) in [6.45, 7) is 5.43. The maximum Gasteiger partial charge on any atom is 0.151 e. The summed E-state index contributed by atoms with van der Waals surface area (Å²) in [6, 6.07) is 2.56. The van der Waals surface area contributed by atoms with Gasteiger partial charge in [-0.05, 0) is 25.0 Å². The van der Waals surface area contributed by atoms with Crippen LogP contribution in [0.15, 0.2) is 18.5 Å². The zero-order valence-corrected chi connectivity index (χ0v) is 12.2. The molecule has 0 spiro atoms. The van der Waals surface area contributed by atoms with Crippen LogP contribution in [-0.2, 0) is 17.8 Å². The minimum atomic E-state index is 0.424. The van der Waals surface area contributed by atoms with E-state index < -0.39 is 0 Å². The van der Waals surface area contributed by atoms with Crippen molar-refractivity contribution in [3.8, 4) is 0 Å². The number of nitrogens with zero attached hydrogens (tertiary/aromatic N) is 5.